The molecule has 1 saturated heterocycles. The number of ether oxygens (including phenoxy) is 2. The second-order valence-corrected chi connectivity index (χ2v) is 11.6. The number of carbonyl (C=O) groups excluding carboxylic acids is 2. The molecule has 240 valence electrons. The Kier molecular flexibility index (Phi) is 13.3. The summed E-state index contributed by atoms with van der Waals surface area (Å²) >= 11 is 0. The lowest BCUT2D eigenvalue weighted by atomic mass is 9.99. The van der Waals surface area contributed by atoms with Crippen LogP contribution in [0.15, 0.2) is 85.5 Å². The van der Waals surface area contributed by atoms with Crippen LogP contribution in [-0.4, -0.2) is 53.3 Å². The number of likely N-dealkylation sites (N-methyl/N-ethyl adjacent to an activating group) is 1. The lowest BCUT2D eigenvalue weighted by Crippen LogP contribution is -2.37. The van der Waals surface area contributed by atoms with Crippen LogP contribution in [0.4, 0.5) is 0 Å². The van der Waals surface area contributed by atoms with Gasteiger partial charge < -0.3 is 24.8 Å². The van der Waals surface area contributed by atoms with Crippen molar-refractivity contribution in [3.63, 3.8) is 0 Å². The van der Waals surface area contributed by atoms with E-state index in [1.807, 2.05) is 60.7 Å². The fourth-order valence-corrected chi connectivity index (χ4v) is 5.46. The smallest absolute Gasteiger partial charge is 0.243 e. The minimum atomic E-state index is -0.522. The number of rotatable bonds is 16. The van der Waals surface area contributed by atoms with Gasteiger partial charge in [-0.25, -0.2) is 5.48 Å². The Hall–Kier alpha value is -3.86. The van der Waals surface area contributed by atoms with Crippen LogP contribution >= 0.6 is 0 Å². The van der Waals surface area contributed by atoms with Crippen LogP contribution in [0.2, 0.25) is 0 Å². The van der Waals surface area contributed by atoms with E-state index in [-0.39, 0.29) is 31.1 Å². The summed E-state index contributed by atoms with van der Waals surface area (Å²) in [7, 11) is 2.06. The van der Waals surface area contributed by atoms with Crippen LogP contribution in [-0.2, 0) is 32.2 Å². The maximum absolute atomic E-state index is 12.3. The highest BCUT2D eigenvalue weighted by atomic mass is 16.7. The number of carbonyl (C=O) groups is 2. The van der Waals surface area contributed by atoms with Crippen molar-refractivity contribution in [3.8, 4) is 11.1 Å². The predicted octanol–water partition coefficient (Wildman–Crippen LogP) is 5.58. The molecule has 4 N–H and O–H groups in total. The van der Waals surface area contributed by atoms with Gasteiger partial charge in [-0.1, -0.05) is 79.2 Å². The number of hydroxylamine groups is 1. The van der Waals surface area contributed by atoms with Gasteiger partial charge in [-0.3, -0.25) is 14.8 Å². The summed E-state index contributed by atoms with van der Waals surface area (Å²) in [4.78, 5) is 25.6. The summed E-state index contributed by atoms with van der Waals surface area (Å²) in [6, 6.07) is 24.2. The van der Waals surface area contributed by atoms with Crippen LogP contribution in [0, 0.1) is 0 Å². The van der Waals surface area contributed by atoms with Crippen molar-refractivity contribution >= 4 is 11.8 Å². The van der Waals surface area contributed by atoms with Crippen molar-refractivity contribution in [3.05, 3.63) is 108 Å². The third kappa shape index (κ3) is 10.6. The topological polar surface area (TPSA) is 120 Å². The zero-order chi connectivity index (χ0) is 32.0. The number of amides is 2. The van der Waals surface area contributed by atoms with E-state index in [1.54, 1.807) is 5.48 Å². The van der Waals surface area contributed by atoms with Crippen LogP contribution in [0.1, 0.15) is 73.2 Å². The molecule has 3 atom stereocenters. The molecule has 1 fully saturated rings. The quantitative estimate of drug-likeness (QED) is 0.0719. The van der Waals surface area contributed by atoms with E-state index >= 15 is 0 Å². The number of nitrogens with zero attached hydrogens (tertiary/aromatic N) is 1. The van der Waals surface area contributed by atoms with Gasteiger partial charge in [0, 0.05) is 44.5 Å². The van der Waals surface area contributed by atoms with E-state index in [0.29, 0.717) is 25.8 Å². The molecule has 2 amide bonds. The minimum absolute atomic E-state index is 0.00687. The molecule has 0 radical (unpaired) electrons. The first-order valence-corrected chi connectivity index (χ1v) is 15.6. The molecule has 0 saturated carbocycles. The molecule has 3 aromatic rings. The van der Waals surface area contributed by atoms with Crippen molar-refractivity contribution in [1.82, 2.24) is 15.7 Å². The number of benzene rings is 3. The molecular weight excluding hydrogens is 570 g/mol. The molecule has 45 heavy (non-hydrogen) atoms. The van der Waals surface area contributed by atoms with E-state index in [9.17, 15) is 14.7 Å². The Morgan fingerprint density at radius 2 is 1.62 bits per heavy atom. The minimum Gasteiger partial charge on any atom is -0.392 e. The van der Waals surface area contributed by atoms with Gasteiger partial charge in [0.1, 0.15) is 0 Å². The van der Waals surface area contributed by atoms with E-state index < -0.39 is 12.2 Å². The van der Waals surface area contributed by atoms with Crippen molar-refractivity contribution in [2.75, 3.05) is 20.1 Å². The molecule has 9 heteroatoms. The Labute approximate surface area is 265 Å². The SMILES string of the molecule is C=CCN(C)C[C@H]1C[C@@H](c2ccc(CO)cc2)O[C@@H](c2ccc(-c3cccc(CNC(=O)CCCCCC(=O)NO)c3)cc2)O1. The third-order valence-electron chi connectivity index (χ3n) is 7.94. The maximum Gasteiger partial charge on any atom is 0.243 e. The van der Waals surface area contributed by atoms with Gasteiger partial charge in [-0.2, -0.15) is 0 Å². The van der Waals surface area contributed by atoms with Crippen LogP contribution in [0.3, 0.4) is 0 Å². The molecule has 1 aliphatic heterocycles. The molecule has 0 aliphatic carbocycles. The van der Waals surface area contributed by atoms with Crippen molar-refractivity contribution in [2.45, 2.75) is 70.2 Å². The van der Waals surface area contributed by atoms with Gasteiger partial charge >= 0.3 is 0 Å². The number of aliphatic hydroxyl groups is 1. The zero-order valence-corrected chi connectivity index (χ0v) is 26.0. The highest BCUT2D eigenvalue weighted by molar-refractivity contribution is 5.76. The normalized spacial score (nSPS) is 18.0. The van der Waals surface area contributed by atoms with E-state index in [4.69, 9.17) is 14.7 Å². The number of hydrogen-bond donors (Lipinski definition) is 4. The first-order chi connectivity index (χ1) is 21.9. The third-order valence-corrected chi connectivity index (χ3v) is 7.94. The van der Waals surface area contributed by atoms with Crippen LogP contribution < -0.4 is 10.8 Å². The summed E-state index contributed by atoms with van der Waals surface area (Å²) in [5.41, 5.74) is 7.58. The van der Waals surface area contributed by atoms with E-state index in [1.165, 1.54) is 0 Å². The fraction of sp³-hybridized carbons (Fsp3) is 0.389. The summed E-state index contributed by atoms with van der Waals surface area (Å²) in [6.07, 6.45) is 4.63. The molecular formula is C36H45N3O6. The highest BCUT2D eigenvalue weighted by Crippen LogP contribution is 2.38. The monoisotopic (exact) mass is 615 g/mol. The van der Waals surface area contributed by atoms with Gasteiger partial charge in [-0.05, 0) is 53.8 Å². The Balaban J connectivity index is 1.37. The molecule has 1 aliphatic rings. The highest BCUT2D eigenvalue weighted by Gasteiger charge is 2.32. The van der Waals surface area contributed by atoms with Gasteiger partial charge in [-0.15, -0.1) is 6.58 Å². The summed E-state index contributed by atoms with van der Waals surface area (Å²) in [6.45, 7) is 5.82. The summed E-state index contributed by atoms with van der Waals surface area (Å²) < 4.78 is 12.9. The lowest BCUT2D eigenvalue weighted by Gasteiger charge is -2.37. The van der Waals surface area contributed by atoms with Crippen molar-refractivity contribution < 1.29 is 29.4 Å². The second-order valence-electron chi connectivity index (χ2n) is 11.6. The standard InChI is InChI=1S/C36H45N3O6/c1-3-20-39(2)24-32-22-33(29-14-12-26(25-40)13-15-29)45-36(44-32)30-18-16-28(17-19-30)31-9-7-8-27(21-31)23-37-34(41)10-5-4-6-11-35(42)38-43/h3,7-9,12-19,21,32-33,36,40,43H,1,4-6,10-11,20,22-25H2,2H3,(H,37,41)(H,38,42)/t32-,33+,36+/m1/s1. The number of nitrogens with one attached hydrogen (secondary N) is 2. The zero-order valence-electron chi connectivity index (χ0n) is 26.0. The first-order valence-electron chi connectivity index (χ1n) is 15.6. The average molecular weight is 616 g/mol. The fourth-order valence-electron chi connectivity index (χ4n) is 5.46. The molecule has 0 bridgehead atoms. The Morgan fingerprint density at radius 1 is 0.911 bits per heavy atom. The first kappa shape index (κ1) is 34.0. The largest absolute Gasteiger partial charge is 0.392 e. The lowest BCUT2D eigenvalue weighted by molar-refractivity contribution is -0.252. The molecule has 0 spiro atoms. The second kappa shape index (κ2) is 17.6. The Bertz CT molecular complexity index is 1380. The van der Waals surface area contributed by atoms with Gasteiger partial charge in [0.25, 0.3) is 0 Å². The number of unbranched alkanes of at least 4 members (excludes halogenated alkanes) is 2. The van der Waals surface area contributed by atoms with Crippen molar-refractivity contribution in [1.29, 1.82) is 0 Å². The number of aliphatic hydroxyl groups excluding tert-OH is 1. The summed E-state index contributed by atoms with van der Waals surface area (Å²) in [5, 5.41) is 21.0. The molecule has 9 nitrogen and oxygen atoms in total. The predicted molar refractivity (Wildman–Crippen MR) is 173 cm³/mol. The van der Waals surface area contributed by atoms with Gasteiger partial charge in [0.15, 0.2) is 6.29 Å². The van der Waals surface area contributed by atoms with E-state index in [0.717, 1.165) is 59.3 Å². The van der Waals surface area contributed by atoms with Crippen molar-refractivity contribution in [2.24, 2.45) is 0 Å². The van der Waals surface area contributed by atoms with Crippen LogP contribution in [0.5, 0.6) is 0 Å². The number of hydrogen-bond acceptors (Lipinski definition) is 7. The molecule has 0 aromatic heterocycles. The molecule has 3 aromatic carbocycles. The van der Waals surface area contributed by atoms with Crippen LogP contribution in [0.25, 0.3) is 11.1 Å². The molecule has 4 rings (SSSR count). The van der Waals surface area contributed by atoms with Gasteiger partial charge in [0.05, 0.1) is 18.8 Å². The van der Waals surface area contributed by atoms with Gasteiger partial charge in [0.2, 0.25) is 11.8 Å². The molecule has 1 heterocycles. The average Bonchev–Trinajstić information content (AvgIpc) is 3.07. The maximum atomic E-state index is 12.3. The molecule has 0 unspecified atom stereocenters. The Morgan fingerprint density at radius 3 is 2.31 bits per heavy atom. The van der Waals surface area contributed by atoms with E-state index in [2.05, 4.69) is 42.0 Å². The summed E-state index contributed by atoms with van der Waals surface area (Å²) in [5.74, 6) is -0.433.